The maximum absolute atomic E-state index is 13.3. The van der Waals surface area contributed by atoms with Crippen molar-refractivity contribution in [2.75, 3.05) is 10.6 Å². The number of benzene rings is 2. The number of aromatic nitrogens is 4. The van der Waals surface area contributed by atoms with E-state index >= 15 is 0 Å². The Kier molecular flexibility index (Phi) is 6.37. The van der Waals surface area contributed by atoms with E-state index in [2.05, 4.69) is 26.9 Å². The maximum atomic E-state index is 13.3. The first-order chi connectivity index (χ1) is 15.5. The van der Waals surface area contributed by atoms with Gasteiger partial charge in [-0.1, -0.05) is 41.6 Å². The predicted octanol–water partition coefficient (Wildman–Crippen LogP) is 4.05. The van der Waals surface area contributed by atoms with Gasteiger partial charge in [0, 0.05) is 36.4 Å². The molecule has 162 valence electrons. The van der Waals surface area contributed by atoms with Crippen LogP contribution in [0.15, 0.2) is 83.0 Å². The zero-order valence-electron chi connectivity index (χ0n) is 17.6. The molecule has 2 heterocycles. The number of carbonyl (C=O) groups is 1. The standard InChI is InChI=1S/C23H22N6O2S/c1-16-6-5-7-18(14-16)15-32-23-27-26-21(22(31)29(23)28-12-3-4-13-28)25-20-10-8-19(9-11-20)24-17(2)30/h3-14H,15H2,1-2H3,(H,24,30)(H,25,26). The van der Waals surface area contributed by atoms with Crippen molar-refractivity contribution in [1.29, 1.82) is 0 Å². The molecule has 0 aliphatic carbocycles. The molecule has 2 N–H and O–H groups in total. The largest absolute Gasteiger partial charge is 0.334 e. The van der Waals surface area contributed by atoms with Gasteiger partial charge in [0.2, 0.25) is 16.9 Å². The van der Waals surface area contributed by atoms with Crippen molar-refractivity contribution in [2.24, 2.45) is 0 Å². The van der Waals surface area contributed by atoms with Gasteiger partial charge in [-0.2, -0.15) is 4.68 Å². The van der Waals surface area contributed by atoms with Crippen molar-refractivity contribution in [3.8, 4) is 0 Å². The average molecular weight is 447 g/mol. The lowest BCUT2D eigenvalue weighted by Gasteiger charge is -2.14. The lowest BCUT2D eigenvalue weighted by molar-refractivity contribution is -0.114. The monoisotopic (exact) mass is 446 g/mol. The van der Waals surface area contributed by atoms with Gasteiger partial charge in [-0.15, -0.1) is 10.2 Å². The zero-order chi connectivity index (χ0) is 22.5. The Morgan fingerprint density at radius 3 is 2.41 bits per heavy atom. The van der Waals surface area contributed by atoms with Crippen molar-refractivity contribution >= 4 is 34.9 Å². The molecule has 4 rings (SSSR count). The number of hydrogen-bond donors (Lipinski definition) is 2. The summed E-state index contributed by atoms with van der Waals surface area (Å²) >= 11 is 1.44. The van der Waals surface area contributed by atoms with E-state index < -0.39 is 0 Å². The lowest BCUT2D eigenvalue weighted by atomic mass is 10.2. The Labute approximate surface area is 189 Å². The van der Waals surface area contributed by atoms with Gasteiger partial charge in [0.1, 0.15) is 0 Å². The summed E-state index contributed by atoms with van der Waals surface area (Å²) in [4.78, 5) is 24.5. The third kappa shape index (κ3) is 5.06. The van der Waals surface area contributed by atoms with Crippen LogP contribution in [0.2, 0.25) is 0 Å². The van der Waals surface area contributed by atoms with Crippen LogP contribution in [0.3, 0.4) is 0 Å². The summed E-state index contributed by atoms with van der Waals surface area (Å²) in [6.45, 7) is 3.50. The topological polar surface area (TPSA) is 93.8 Å². The molecule has 0 aliphatic rings. The molecule has 0 spiro atoms. The Hall–Kier alpha value is -3.85. The highest BCUT2D eigenvalue weighted by atomic mass is 32.2. The average Bonchev–Trinajstić information content (AvgIpc) is 3.29. The van der Waals surface area contributed by atoms with E-state index in [0.717, 1.165) is 5.56 Å². The molecular weight excluding hydrogens is 424 g/mol. The Morgan fingerprint density at radius 1 is 1.00 bits per heavy atom. The summed E-state index contributed by atoms with van der Waals surface area (Å²) < 4.78 is 3.17. The summed E-state index contributed by atoms with van der Waals surface area (Å²) in [6.07, 6.45) is 3.57. The molecule has 1 amide bonds. The minimum Gasteiger partial charge on any atom is -0.334 e. The molecule has 0 bridgehead atoms. The van der Waals surface area contributed by atoms with Crippen LogP contribution >= 0.6 is 11.8 Å². The third-order valence-electron chi connectivity index (χ3n) is 4.55. The van der Waals surface area contributed by atoms with Gasteiger partial charge in [-0.3, -0.25) is 14.3 Å². The highest BCUT2D eigenvalue weighted by molar-refractivity contribution is 7.98. The zero-order valence-corrected chi connectivity index (χ0v) is 18.5. The number of carbonyl (C=O) groups excluding carboxylic acids is 1. The van der Waals surface area contributed by atoms with Crippen LogP contribution in [0.25, 0.3) is 0 Å². The quantitative estimate of drug-likeness (QED) is 0.416. The second kappa shape index (κ2) is 9.52. The number of amides is 1. The summed E-state index contributed by atoms with van der Waals surface area (Å²) in [5.41, 5.74) is 3.33. The smallest absolute Gasteiger partial charge is 0.316 e. The van der Waals surface area contributed by atoms with E-state index in [1.807, 2.05) is 37.3 Å². The minimum atomic E-state index is -0.325. The van der Waals surface area contributed by atoms with Gasteiger partial charge < -0.3 is 10.6 Å². The van der Waals surface area contributed by atoms with Crippen LogP contribution in [0.5, 0.6) is 0 Å². The minimum absolute atomic E-state index is 0.103. The number of nitrogens with zero attached hydrogens (tertiary/aromatic N) is 4. The molecule has 0 saturated heterocycles. The molecule has 0 atom stereocenters. The fourth-order valence-electron chi connectivity index (χ4n) is 3.12. The first-order valence-electron chi connectivity index (χ1n) is 9.96. The second-order valence-electron chi connectivity index (χ2n) is 7.17. The number of hydrogen-bond acceptors (Lipinski definition) is 6. The molecule has 8 nitrogen and oxygen atoms in total. The molecule has 4 aromatic rings. The van der Waals surface area contributed by atoms with Crippen molar-refractivity contribution in [3.05, 3.63) is 94.5 Å². The first kappa shape index (κ1) is 21.4. The molecule has 0 aliphatic heterocycles. The predicted molar refractivity (Wildman–Crippen MR) is 126 cm³/mol. The van der Waals surface area contributed by atoms with Gasteiger partial charge >= 0.3 is 5.56 Å². The van der Waals surface area contributed by atoms with Crippen molar-refractivity contribution < 1.29 is 4.79 Å². The van der Waals surface area contributed by atoms with Crippen LogP contribution < -0.4 is 16.2 Å². The number of anilines is 3. The van der Waals surface area contributed by atoms with E-state index in [4.69, 9.17) is 0 Å². The normalized spacial score (nSPS) is 10.7. The SMILES string of the molecule is CC(=O)Nc1ccc(Nc2nnc(SCc3cccc(C)c3)n(-n3cccc3)c2=O)cc1. The summed E-state index contributed by atoms with van der Waals surface area (Å²) in [5, 5.41) is 14.7. The second-order valence-corrected chi connectivity index (χ2v) is 8.11. The van der Waals surface area contributed by atoms with Crippen LogP contribution in [0.1, 0.15) is 18.1 Å². The summed E-state index contributed by atoms with van der Waals surface area (Å²) in [7, 11) is 0. The molecule has 0 unspecified atom stereocenters. The first-order valence-corrected chi connectivity index (χ1v) is 10.9. The van der Waals surface area contributed by atoms with E-state index in [-0.39, 0.29) is 17.3 Å². The summed E-state index contributed by atoms with van der Waals surface area (Å²) in [6, 6.07) is 18.9. The van der Waals surface area contributed by atoms with Crippen LogP contribution in [-0.4, -0.2) is 25.5 Å². The fraction of sp³-hybridized carbons (Fsp3) is 0.130. The maximum Gasteiger partial charge on any atom is 0.316 e. The molecular formula is C23H22N6O2S. The van der Waals surface area contributed by atoms with Crippen molar-refractivity contribution in [2.45, 2.75) is 24.8 Å². The molecule has 0 saturated carbocycles. The summed E-state index contributed by atoms with van der Waals surface area (Å²) in [5.74, 6) is 0.616. The van der Waals surface area contributed by atoms with Crippen LogP contribution in [-0.2, 0) is 10.5 Å². The van der Waals surface area contributed by atoms with Gasteiger partial charge in [0.05, 0.1) is 0 Å². The van der Waals surface area contributed by atoms with Crippen LogP contribution in [0.4, 0.5) is 17.2 Å². The molecule has 32 heavy (non-hydrogen) atoms. The molecule has 2 aromatic heterocycles. The van der Waals surface area contributed by atoms with Crippen molar-refractivity contribution in [1.82, 2.24) is 19.5 Å². The van der Waals surface area contributed by atoms with Gasteiger partial charge in [0.15, 0.2) is 0 Å². The molecule has 9 heteroatoms. The number of rotatable bonds is 7. The lowest BCUT2D eigenvalue weighted by Crippen LogP contribution is -2.30. The Morgan fingerprint density at radius 2 is 1.72 bits per heavy atom. The highest BCUT2D eigenvalue weighted by Gasteiger charge is 2.15. The van der Waals surface area contributed by atoms with Gasteiger partial charge in [0.25, 0.3) is 0 Å². The van der Waals surface area contributed by atoms with Gasteiger partial charge in [-0.05, 0) is 48.9 Å². The van der Waals surface area contributed by atoms with Crippen molar-refractivity contribution in [3.63, 3.8) is 0 Å². The molecule has 0 fully saturated rings. The number of nitrogens with one attached hydrogen (secondary N) is 2. The molecule has 2 aromatic carbocycles. The third-order valence-corrected chi connectivity index (χ3v) is 5.54. The number of thioether (sulfide) groups is 1. The Balaban J connectivity index is 1.61. The highest BCUT2D eigenvalue weighted by Crippen LogP contribution is 2.22. The van der Waals surface area contributed by atoms with E-state index in [0.29, 0.717) is 22.3 Å². The number of aryl methyl sites for hydroxylation is 1. The van der Waals surface area contributed by atoms with Gasteiger partial charge in [-0.25, -0.2) is 0 Å². The van der Waals surface area contributed by atoms with E-state index in [1.165, 1.54) is 28.9 Å². The van der Waals surface area contributed by atoms with E-state index in [9.17, 15) is 9.59 Å². The van der Waals surface area contributed by atoms with Crippen LogP contribution in [0, 0.1) is 6.92 Å². The fourth-order valence-corrected chi connectivity index (χ4v) is 4.00. The molecule has 0 radical (unpaired) electrons. The Bertz CT molecular complexity index is 1280. The van der Waals surface area contributed by atoms with E-state index in [1.54, 1.807) is 41.3 Å².